The average Bonchev–Trinajstić information content (AvgIpc) is 3.11. The highest BCUT2D eigenvalue weighted by Crippen LogP contribution is 2.14. The number of hydrogen-bond donors (Lipinski definition) is 1. The molecular weight excluding hydrogens is 666 g/mol. The van der Waals surface area contributed by atoms with Gasteiger partial charge in [0.2, 0.25) is 0 Å². The minimum absolute atomic E-state index is 0.0483. The van der Waals surface area contributed by atoms with Crippen molar-refractivity contribution in [1.82, 2.24) is 0 Å². The molecule has 0 fully saturated rings. The normalized spacial score (nSPS) is 13.5. The lowest BCUT2D eigenvalue weighted by molar-refractivity contribution is -0.887. The lowest BCUT2D eigenvalue weighted by Crippen LogP contribution is -2.50. The van der Waals surface area contributed by atoms with Crippen LogP contribution in [0.3, 0.4) is 0 Å². The van der Waals surface area contributed by atoms with Gasteiger partial charge in [-0.15, -0.1) is 0 Å². The Morgan fingerprint density at radius 2 is 1.09 bits per heavy atom. The summed E-state index contributed by atoms with van der Waals surface area (Å²) in [5.41, 5.74) is 0. The molecule has 0 aliphatic rings. The van der Waals surface area contributed by atoms with Gasteiger partial charge >= 0.3 is 17.9 Å². The molecule has 53 heavy (non-hydrogen) atoms. The quantitative estimate of drug-likeness (QED) is 0.0292. The van der Waals surface area contributed by atoms with Crippen molar-refractivity contribution in [3.63, 3.8) is 0 Å². The van der Waals surface area contributed by atoms with Crippen LogP contribution in [0.15, 0.2) is 48.6 Å². The lowest BCUT2D eigenvalue weighted by atomic mass is 10.0. The van der Waals surface area contributed by atoms with Crippen LogP contribution in [-0.4, -0.2) is 80.6 Å². The second-order valence-corrected chi connectivity index (χ2v) is 15.2. The summed E-state index contributed by atoms with van der Waals surface area (Å²) in [5.74, 6) is -1.54. The van der Waals surface area contributed by atoms with Crippen LogP contribution in [0, 0.1) is 0 Å². The minimum atomic E-state index is -0.881. The van der Waals surface area contributed by atoms with Gasteiger partial charge in [-0.3, -0.25) is 9.59 Å². The first kappa shape index (κ1) is 50.3. The van der Waals surface area contributed by atoms with E-state index in [1.54, 1.807) is 0 Å². The Morgan fingerprint density at radius 1 is 0.585 bits per heavy atom. The van der Waals surface area contributed by atoms with Crippen molar-refractivity contribution < 1.29 is 38.2 Å². The third-order valence-electron chi connectivity index (χ3n) is 9.23. The fraction of sp³-hybridized carbons (Fsp3) is 0.756. The highest BCUT2D eigenvalue weighted by molar-refractivity contribution is 5.72. The molecule has 1 N–H and O–H groups in total. The average molecular weight is 747 g/mol. The van der Waals surface area contributed by atoms with Gasteiger partial charge in [-0.25, -0.2) is 4.79 Å². The van der Waals surface area contributed by atoms with Gasteiger partial charge < -0.3 is 23.8 Å². The predicted octanol–water partition coefficient (Wildman–Crippen LogP) is 11.2. The van der Waals surface area contributed by atoms with Crippen molar-refractivity contribution in [2.45, 2.75) is 180 Å². The number of rotatable bonds is 37. The van der Waals surface area contributed by atoms with Crippen LogP contribution in [0.4, 0.5) is 0 Å². The number of carbonyl (C=O) groups excluding carboxylic acids is 2. The number of nitrogens with zero attached hydrogens (tertiary/aromatic N) is 1. The summed E-state index contributed by atoms with van der Waals surface area (Å²) in [5, 5.41) is 9.59. The molecule has 8 nitrogen and oxygen atoms in total. The van der Waals surface area contributed by atoms with Crippen LogP contribution in [0.25, 0.3) is 0 Å². The first-order valence-electron chi connectivity index (χ1n) is 21.2. The molecule has 0 saturated heterocycles. The summed E-state index contributed by atoms with van der Waals surface area (Å²) < 4.78 is 17.1. The molecule has 0 aromatic heterocycles. The van der Waals surface area contributed by atoms with Crippen LogP contribution in [0.1, 0.15) is 168 Å². The molecule has 0 aromatic carbocycles. The molecule has 0 aliphatic carbocycles. The fourth-order valence-electron chi connectivity index (χ4n) is 5.95. The molecule has 0 heterocycles. The third-order valence-corrected chi connectivity index (χ3v) is 9.23. The molecule has 2 atom stereocenters. The summed E-state index contributed by atoms with van der Waals surface area (Å²) in [6, 6.07) is -0.618. The molecule has 306 valence electrons. The number of hydrogen-bond acceptors (Lipinski definition) is 6. The molecule has 0 aromatic rings. The summed E-state index contributed by atoms with van der Waals surface area (Å²) >= 11 is 0. The molecule has 0 rings (SSSR count). The minimum Gasteiger partial charge on any atom is -0.477 e. The molecule has 0 aliphatic heterocycles. The zero-order valence-electron chi connectivity index (χ0n) is 34.7. The summed E-state index contributed by atoms with van der Waals surface area (Å²) in [4.78, 5) is 36.8. The highest BCUT2D eigenvalue weighted by atomic mass is 16.6. The summed E-state index contributed by atoms with van der Waals surface area (Å²) in [6.07, 6.45) is 41.8. The maximum atomic E-state index is 12.7. The molecule has 0 radical (unpaired) electrons. The monoisotopic (exact) mass is 747 g/mol. The van der Waals surface area contributed by atoms with Gasteiger partial charge in [0, 0.05) is 19.3 Å². The van der Waals surface area contributed by atoms with Crippen molar-refractivity contribution in [2.24, 2.45) is 0 Å². The van der Waals surface area contributed by atoms with Crippen molar-refractivity contribution in [3.8, 4) is 0 Å². The predicted molar refractivity (Wildman–Crippen MR) is 220 cm³/mol. The second kappa shape index (κ2) is 36.3. The van der Waals surface area contributed by atoms with Gasteiger partial charge in [-0.1, -0.05) is 140 Å². The molecular formula is C45H80NO7+. The smallest absolute Gasteiger partial charge is 0.362 e. The van der Waals surface area contributed by atoms with Crippen molar-refractivity contribution in [3.05, 3.63) is 48.6 Å². The molecule has 2 unspecified atom stereocenters. The van der Waals surface area contributed by atoms with Gasteiger partial charge in [0.05, 0.1) is 34.4 Å². The van der Waals surface area contributed by atoms with Gasteiger partial charge in [0.25, 0.3) is 0 Å². The third kappa shape index (κ3) is 34.8. The molecule has 8 heteroatoms. The number of allylic oxidation sites excluding steroid dienone is 8. The van der Waals surface area contributed by atoms with Crippen molar-refractivity contribution in [2.75, 3.05) is 41.0 Å². The Morgan fingerprint density at radius 3 is 1.66 bits per heavy atom. The van der Waals surface area contributed by atoms with Crippen molar-refractivity contribution in [1.29, 1.82) is 0 Å². The van der Waals surface area contributed by atoms with E-state index in [0.29, 0.717) is 19.3 Å². The van der Waals surface area contributed by atoms with E-state index in [4.69, 9.17) is 14.2 Å². The number of quaternary nitrogens is 1. The Bertz CT molecular complexity index is 1010. The van der Waals surface area contributed by atoms with E-state index in [2.05, 4.69) is 56.4 Å². The van der Waals surface area contributed by atoms with E-state index in [1.807, 2.05) is 27.2 Å². The fourth-order valence-corrected chi connectivity index (χ4v) is 5.95. The van der Waals surface area contributed by atoms with Crippen LogP contribution < -0.4 is 0 Å². The zero-order valence-corrected chi connectivity index (χ0v) is 34.7. The number of ether oxygens (including phenoxy) is 3. The standard InChI is InChI=1S/C45H79NO7/c1-6-8-10-12-14-16-17-18-19-20-21-22-23-24-25-26-27-28-30-32-34-36-44(48)53-41(39-51-38-37-42(45(49)50)46(3,4)5)40-52-43(47)35-33-31-29-15-13-11-9-7-2/h8,10,14,16,18-19,29,31,41-42H,6-7,9,11-13,15,17,20-28,30,32-40H2,1-5H3/p+1/b10-8+,16-14+,19-18+,31-29+. The van der Waals surface area contributed by atoms with E-state index >= 15 is 0 Å². The molecule has 0 amide bonds. The van der Waals surface area contributed by atoms with Crippen molar-refractivity contribution >= 4 is 17.9 Å². The molecule has 0 bridgehead atoms. The Kier molecular flexibility index (Phi) is 34.4. The van der Waals surface area contributed by atoms with E-state index < -0.39 is 18.1 Å². The van der Waals surface area contributed by atoms with Gasteiger partial charge in [-0.05, 0) is 57.8 Å². The van der Waals surface area contributed by atoms with E-state index in [0.717, 1.165) is 44.9 Å². The Hall–Kier alpha value is -2.71. The van der Waals surface area contributed by atoms with Crippen LogP contribution in [0.2, 0.25) is 0 Å². The number of aliphatic carboxylic acids is 1. The van der Waals surface area contributed by atoms with Crippen LogP contribution in [0.5, 0.6) is 0 Å². The molecule has 0 saturated carbocycles. The van der Waals surface area contributed by atoms with E-state index in [1.165, 1.54) is 83.5 Å². The van der Waals surface area contributed by atoms with Crippen LogP contribution in [-0.2, 0) is 28.6 Å². The first-order valence-corrected chi connectivity index (χ1v) is 21.2. The number of likely N-dealkylation sites (N-methyl/N-ethyl adjacent to an activating group) is 1. The number of unbranched alkanes of at least 4 members (excludes halogenated alkanes) is 15. The van der Waals surface area contributed by atoms with Gasteiger partial charge in [0.15, 0.2) is 12.1 Å². The van der Waals surface area contributed by atoms with Crippen LogP contribution >= 0.6 is 0 Å². The summed E-state index contributed by atoms with van der Waals surface area (Å²) in [7, 11) is 5.51. The topological polar surface area (TPSA) is 99.1 Å². The van der Waals surface area contributed by atoms with E-state index in [-0.39, 0.29) is 42.7 Å². The second-order valence-electron chi connectivity index (χ2n) is 15.2. The van der Waals surface area contributed by atoms with Gasteiger partial charge in [0.1, 0.15) is 6.61 Å². The maximum Gasteiger partial charge on any atom is 0.362 e. The number of carboxylic acids is 1. The van der Waals surface area contributed by atoms with E-state index in [9.17, 15) is 19.5 Å². The zero-order chi connectivity index (χ0) is 39.3. The lowest BCUT2D eigenvalue weighted by Gasteiger charge is -2.31. The highest BCUT2D eigenvalue weighted by Gasteiger charge is 2.31. The first-order chi connectivity index (χ1) is 25.6. The number of carbonyl (C=O) groups is 3. The largest absolute Gasteiger partial charge is 0.477 e. The summed E-state index contributed by atoms with van der Waals surface area (Å²) in [6.45, 7) is 4.53. The van der Waals surface area contributed by atoms with Gasteiger partial charge in [-0.2, -0.15) is 0 Å². The SMILES string of the molecule is CC/C=C/C/C=C/C/C=C/CCCCCCCCCCCCCC(=O)OC(COCCC(C(=O)O)[N+](C)(C)C)COC(=O)CC/C=C/CCCCCC. The maximum absolute atomic E-state index is 12.7. The Labute approximate surface area is 325 Å². The molecule has 0 spiro atoms. The number of esters is 2. The number of carboxylic acid groups (broad SMARTS) is 1. The Balaban J connectivity index is 4.26.